The van der Waals surface area contributed by atoms with Crippen LogP contribution in [0.4, 0.5) is 0 Å². The maximum absolute atomic E-state index is 12.6. The van der Waals surface area contributed by atoms with E-state index < -0.39 is 26.5 Å². The van der Waals surface area contributed by atoms with Crippen molar-refractivity contribution in [3.05, 3.63) is 12.2 Å². The van der Waals surface area contributed by atoms with Crippen LogP contribution in [0.5, 0.6) is 0 Å². The predicted molar refractivity (Wildman–Crippen MR) is 234 cm³/mol. The van der Waals surface area contributed by atoms with Gasteiger partial charge in [-0.05, 0) is 38.5 Å². The second-order valence-electron chi connectivity index (χ2n) is 16.0. The molecule has 3 N–H and O–H groups in total. The van der Waals surface area contributed by atoms with Gasteiger partial charge in [0.05, 0.1) is 13.2 Å². The highest BCUT2D eigenvalue weighted by Gasteiger charge is 2.26. The van der Waals surface area contributed by atoms with Crippen LogP contribution in [0.15, 0.2) is 12.2 Å². The Morgan fingerprint density at radius 1 is 0.518 bits per heavy atom. The lowest BCUT2D eigenvalue weighted by atomic mass is 10.0. The Balaban J connectivity index is 4.07. The zero-order valence-electron chi connectivity index (χ0n) is 36.6. The summed E-state index contributed by atoms with van der Waals surface area (Å²) in [6, 6.07) is 0. The van der Waals surface area contributed by atoms with Crippen LogP contribution in [0, 0.1) is 0 Å². The first-order chi connectivity index (χ1) is 27.3. The van der Waals surface area contributed by atoms with E-state index in [2.05, 4.69) is 26.0 Å². The third kappa shape index (κ3) is 42.4. The topological polar surface area (TPSA) is 134 Å². The molecule has 0 spiro atoms. The van der Waals surface area contributed by atoms with Gasteiger partial charge in [0, 0.05) is 19.4 Å². The molecular weight excluding hydrogens is 725 g/mol. The number of hydrogen-bond acceptors (Lipinski definition) is 8. The van der Waals surface area contributed by atoms with E-state index in [-0.39, 0.29) is 38.6 Å². The van der Waals surface area contributed by atoms with Crippen molar-refractivity contribution in [2.45, 2.75) is 245 Å². The smallest absolute Gasteiger partial charge is 0.462 e. The van der Waals surface area contributed by atoms with Crippen LogP contribution in [0.1, 0.15) is 239 Å². The molecule has 9 nitrogen and oxygen atoms in total. The molecule has 0 saturated heterocycles. The summed E-state index contributed by atoms with van der Waals surface area (Å²) in [6.07, 6.45) is 45.2. The van der Waals surface area contributed by atoms with Crippen LogP contribution in [0.3, 0.4) is 0 Å². The zero-order valence-corrected chi connectivity index (χ0v) is 37.5. The van der Waals surface area contributed by atoms with Crippen LogP contribution >= 0.6 is 7.82 Å². The highest BCUT2D eigenvalue weighted by molar-refractivity contribution is 7.47. The summed E-state index contributed by atoms with van der Waals surface area (Å²) in [5, 5.41) is 0. The Morgan fingerprint density at radius 3 is 1.27 bits per heavy atom. The van der Waals surface area contributed by atoms with Gasteiger partial charge < -0.3 is 20.1 Å². The van der Waals surface area contributed by atoms with Gasteiger partial charge in [-0.3, -0.25) is 18.6 Å². The number of carbonyl (C=O) groups excluding carboxylic acids is 2. The van der Waals surface area contributed by atoms with Crippen LogP contribution in [-0.2, 0) is 32.7 Å². The van der Waals surface area contributed by atoms with Crippen molar-refractivity contribution < 1.29 is 37.6 Å². The average Bonchev–Trinajstić information content (AvgIpc) is 3.18. The molecular formula is C46H90NO8P. The second kappa shape index (κ2) is 43.3. The molecule has 0 bridgehead atoms. The van der Waals surface area contributed by atoms with Gasteiger partial charge in [-0.1, -0.05) is 199 Å². The van der Waals surface area contributed by atoms with Crippen LogP contribution in [0.25, 0.3) is 0 Å². The number of unbranched alkanes of at least 4 members (excludes halogenated alkanes) is 30. The van der Waals surface area contributed by atoms with E-state index in [0.29, 0.717) is 6.42 Å². The SMILES string of the molecule is CCCCCCCC/C=C/CCCCCCCCCCCC(=O)O[C@H](COC(=O)CCCCCCCCCCCCCCCCCC)COP(=O)(O)OCCN. The molecule has 332 valence electrons. The van der Waals surface area contributed by atoms with Crippen molar-refractivity contribution >= 4 is 19.8 Å². The van der Waals surface area contributed by atoms with Crippen LogP contribution in [-0.4, -0.2) is 49.3 Å². The summed E-state index contributed by atoms with van der Waals surface area (Å²) in [6.45, 7) is 3.77. The molecule has 56 heavy (non-hydrogen) atoms. The van der Waals surface area contributed by atoms with E-state index in [1.165, 1.54) is 167 Å². The lowest BCUT2D eigenvalue weighted by Gasteiger charge is -2.19. The van der Waals surface area contributed by atoms with Crippen molar-refractivity contribution in [2.24, 2.45) is 5.73 Å². The van der Waals surface area contributed by atoms with Gasteiger partial charge >= 0.3 is 19.8 Å². The molecule has 0 fully saturated rings. The summed E-state index contributed by atoms with van der Waals surface area (Å²) in [5.74, 6) is -0.817. The third-order valence-electron chi connectivity index (χ3n) is 10.4. The number of hydrogen-bond donors (Lipinski definition) is 2. The van der Waals surface area contributed by atoms with Crippen molar-refractivity contribution in [1.82, 2.24) is 0 Å². The van der Waals surface area contributed by atoms with Gasteiger partial charge in [0.25, 0.3) is 0 Å². The fraction of sp³-hybridized carbons (Fsp3) is 0.913. The Morgan fingerprint density at radius 2 is 0.875 bits per heavy atom. The molecule has 2 atom stereocenters. The lowest BCUT2D eigenvalue weighted by molar-refractivity contribution is -0.161. The summed E-state index contributed by atoms with van der Waals surface area (Å²) in [7, 11) is -4.37. The molecule has 0 aromatic heterocycles. The van der Waals surface area contributed by atoms with E-state index in [9.17, 15) is 19.0 Å². The normalized spacial score (nSPS) is 13.3. The predicted octanol–water partition coefficient (Wildman–Crippen LogP) is 13.8. The Bertz CT molecular complexity index is 933. The average molecular weight is 816 g/mol. The minimum absolute atomic E-state index is 0.0561. The van der Waals surface area contributed by atoms with Gasteiger partial charge in [-0.2, -0.15) is 0 Å². The lowest BCUT2D eigenvalue weighted by Crippen LogP contribution is -2.29. The molecule has 0 amide bonds. The maximum Gasteiger partial charge on any atom is 0.472 e. The molecule has 0 heterocycles. The Hall–Kier alpha value is -1.25. The van der Waals surface area contributed by atoms with Gasteiger partial charge in [-0.15, -0.1) is 0 Å². The number of allylic oxidation sites excluding steroid dienone is 2. The molecule has 0 rings (SSSR count). The second-order valence-corrected chi connectivity index (χ2v) is 17.4. The van der Waals surface area contributed by atoms with Crippen molar-refractivity contribution in [2.75, 3.05) is 26.4 Å². The van der Waals surface area contributed by atoms with Crippen molar-refractivity contribution in [3.63, 3.8) is 0 Å². The minimum Gasteiger partial charge on any atom is -0.462 e. The molecule has 10 heteroatoms. The van der Waals surface area contributed by atoms with E-state index in [4.69, 9.17) is 24.3 Å². The molecule has 0 aliphatic heterocycles. The fourth-order valence-electron chi connectivity index (χ4n) is 6.87. The summed E-state index contributed by atoms with van der Waals surface area (Å²) in [5.41, 5.74) is 5.36. The van der Waals surface area contributed by atoms with Crippen molar-refractivity contribution in [1.29, 1.82) is 0 Å². The van der Waals surface area contributed by atoms with Gasteiger partial charge in [-0.25, -0.2) is 4.57 Å². The van der Waals surface area contributed by atoms with Crippen LogP contribution < -0.4 is 5.73 Å². The highest BCUT2D eigenvalue weighted by atomic mass is 31.2. The van der Waals surface area contributed by atoms with Crippen molar-refractivity contribution in [3.8, 4) is 0 Å². The summed E-state index contributed by atoms with van der Waals surface area (Å²) in [4.78, 5) is 34.9. The number of nitrogens with two attached hydrogens (primary N) is 1. The number of ether oxygens (including phenoxy) is 2. The number of esters is 2. The molecule has 0 radical (unpaired) electrons. The van der Waals surface area contributed by atoms with Gasteiger partial charge in [0.1, 0.15) is 6.61 Å². The largest absolute Gasteiger partial charge is 0.472 e. The molecule has 0 saturated carbocycles. The number of carbonyl (C=O) groups is 2. The van der Waals surface area contributed by atoms with E-state index in [0.717, 1.165) is 38.5 Å². The zero-order chi connectivity index (χ0) is 41.1. The van der Waals surface area contributed by atoms with Gasteiger partial charge in [0.2, 0.25) is 0 Å². The van der Waals surface area contributed by atoms with Crippen LogP contribution in [0.2, 0.25) is 0 Å². The Kier molecular flexibility index (Phi) is 42.4. The fourth-order valence-corrected chi connectivity index (χ4v) is 7.63. The first-order valence-corrected chi connectivity index (χ1v) is 25.2. The first-order valence-electron chi connectivity index (χ1n) is 23.7. The quantitative estimate of drug-likeness (QED) is 0.0266. The molecule has 0 aliphatic rings. The third-order valence-corrected chi connectivity index (χ3v) is 11.4. The highest BCUT2D eigenvalue weighted by Crippen LogP contribution is 2.43. The number of rotatable bonds is 45. The number of phosphoric ester groups is 1. The summed E-state index contributed by atoms with van der Waals surface area (Å²) >= 11 is 0. The standard InChI is InChI=1S/C46H90NO8P/c1-3-5-7-9-11-13-15-17-19-21-22-23-25-27-29-31-33-35-37-39-46(49)55-44(43-54-56(50,51)53-41-40-47)42-52-45(48)38-36-34-32-30-28-26-24-20-18-16-14-12-10-8-6-4-2/h17,19,44H,3-16,18,20-43,47H2,1-2H3,(H,50,51)/b19-17+/t44-/m1/s1. The van der Waals surface area contributed by atoms with E-state index in [1.54, 1.807) is 0 Å². The summed E-state index contributed by atoms with van der Waals surface area (Å²) < 4.78 is 32.9. The van der Waals surface area contributed by atoms with E-state index >= 15 is 0 Å². The van der Waals surface area contributed by atoms with Gasteiger partial charge in [0.15, 0.2) is 6.10 Å². The molecule has 0 aromatic rings. The Labute approximate surface area is 345 Å². The molecule has 0 aliphatic carbocycles. The maximum atomic E-state index is 12.6. The molecule has 0 aromatic carbocycles. The number of phosphoric acid groups is 1. The molecule has 1 unspecified atom stereocenters. The monoisotopic (exact) mass is 816 g/mol. The first kappa shape index (κ1) is 54.8. The van der Waals surface area contributed by atoms with E-state index in [1.807, 2.05) is 0 Å². The minimum atomic E-state index is -4.37.